The van der Waals surface area contributed by atoms with Gasteiger partial charge in [-0.15, -0.1) is 11.3 Å². The van der Waals surface area contributed by atoms with Crippen molar-refractivity contribution in [2.75, 3.05) is 0 Å². The van der Waals surface area contributed by atoms with Gasteiger partial charge in [0.1, 0.15) is 0 Å². The first-order valence-electron chi connectivity index (χ1n) is 5.80. The highest BCUT2D eigenvalue weighted by Crippen LogP contribution is 2.16. The molecule has 0 fully saturated rings. The van der Waals surface area contributed by atoms with Gasteiger partial charge in [0, 0.05) is 29.7 Å². The Bertz CT molecular complexity index is 584. The molecule has 0 saturated carbocycles. The van der Waals surface area contributed by atoms with E-state index in [1.54, 1.807) is 17.4 Å². The maximum Gasteiger partial charge on any atom is 0.337 e. The number of carbonyl (C=O) groups is 1. The lowest BCUT2D eigenvalue weighted by Gasteiger charge is -2.08. The maximum absolute atomic E-state index is 11.0. The molecule has 96 valence electrons. The van der Waals surface area contributed by atoms with E-state index in [0.29, 0.717) is 5.56 Å². The van der Waals surface area contributed by atoms with E-state index in [9.17, 15) is 4.79 Å². The summed E-state index contributed by atoms with van der Waals surface area (Å²) in [5, 5.41) is 12.2. The van der Waals surface area contributed by atoms with Gasteiger partial charge in [-0.2, -0.15) is 0 Å². The molecule has 18 heavy (non-hydrogen) atoms. The fourth-order valence-electron chi connectivity index (χ4n) is 2.11. The van der Waals surface area contributed by atoms with Gasteiger partial charge in [-0.25, -0.2) is 9.78 Å². The molecule has 2 aromatic rings. The Hall–Kier alpha value is -1.62. The van der Waals surface area contributed by atoms with Crippen LogP contribution in [0.3, 0.4) is 0 Å². The highest BCUT2D eigenvalue weighted by atomic mass is 32.1. The van der Waals surface area contributed by atoms with Crippen LogP contribution in [-0.4, -0.2) is 20.6 Å². The highest BCUT2D eigenvalue weighted by Gasteiger charge is 2.14. The third-order valence-corrected chi connectivity index (χ3v) is 3.88. The molecule has 0 aromatic carbocycles. The quantitative estimate of drug-likeness (QED) is 0.923. The molecule has 1 N–H and O–H groups in total. The molecule has 2 rings (SSSR count). The number of rotatable bonds is 4. The molecule has 0 radical (unpaired) electrons. The first-order valence-corrected chi connectivity index (χ1v) is 6.68. The normalized spacial score (nSPS) is 10.8. The van der Waals surface area contributed by atoms with E-state index in [2.05, 4.69) is 10.4 Å². The van der Waals surface area contributed by atoms with Crippen molar-refractivity contribution in [2.24, 2.45) is 0 Å². The van der Waals surface area contributed by atoms with Crippen LogP contribution in [0.15, 0.2) is 11.4 Å². The zero-order chi connectivity index (χ0) is 13.3. The minimum absolute atomic E-state index is 0.391. The van der Waals surface area contributed by atoms with Crippen molar-refractivity contribution in [3.8, 4) is 0 Å². The van der Waals surface area contributed by atoms with Gasteiger partial charge in [0.25, 0.3) is 0 Å². The summed E-state index contributed by atoms with van der Waals surface area (Å²) in [6.45, 7) is 6.55. The molecule has 5 heteroatoms. The van der Waals surface area contributed by atoms with Gasteiger partial charge in [0.05, 0.1) is 16.3 Å². The van der Waals surface area contributed by atoms with Crippen LogP contribution >= 0.6 is 11.3 Å². The molecule has 0 aliphatic heterocycles. The standard InChI is InChI=1S/C13H16N2O2S/c1-8-6-12(13(16)17)9(2)15(8)5-4-11-7-18-10(3)14-11/h6-7H,4-5H2,1-3H3,(H,16,17). The molecular formula is C13H16N2O2S. The number of aromatic nitrogens is 2. The summed E-state index contributed by atoms with van der Waals surface area (Å²) in [5.74, 6) is -0.862. The van der Waals surface area contributed by atoms with E-state index in [1.807, 2.05) is 25.3 Å². The average molecular weight is 264 g/mol. The van der Waals surface area contributed by atoms with Crippen LogP contribution in [-0.2, 0) is 13.0 Å². The van der Waals surface area contributed by atoms with Crippen LogP contribution in [0, 0.1) is 20.8 Å². The van der Waals surface area contributed by atoms with Gasteiger partial charge in [-0.1, -0.05) is 0 Å². The summed E-state index contributed by atoms with van der Waals surface area (Å²) in [4.78, 5) is 15.5. The maximum atomic E-state index is 11.0. The SMILES string of the molecule is Cc1nc(CCn2c(C)cc(C(=O)O)c2C)cs1. The number of aryl methyl sites for hydroxylation is 3. The second-order valence-corrected chi connectivity index (χ2v) is 5.41. The summed E-state index contributed by atoms with van der Waals surface area (Å²) in [6, 6.07) is 1.73. The van der Waals surface area contributed by atoms with Gasteiger partial charge in [0.15, 0.2) is 0 Å². The molecule has 2 aromatic heterocycles. The predicted molar refractivity (Wildman–Crippen MR) is 71.4 cm³/mol. The lowest BCUT2D eigenvalue weighted by molar-refractivity contribution is 0.0696. The summed E-state index contributed by atoms with van der Waals surface area (Å²) in [5.41, 5.74) is 3.26. The fourth-order valence-corrected chi connectivity index (χ4v) is 2.76. The number of thiazole rings is 1. The Morgan fingerprint density at radius 2 is 2.17 bits per heavy atom. The molecular weight excluding hydrogens is 248 g/mol. The van der Waals surface area contributed by atoms with E-state index in [0.717, 1.165) is 35.1 Å². The van der Waals surface area contributed by atoms with E-state index < -0.39 is 5.97 Å². The Morgan fingerprint density at radius 1 is 1.44 bits per heavy atom. The summed E-state index contributed by atoms with van der Waals surface area (Å²) in [6.07, 6.45) is 0.833. The average Bonchev–Trinajstić information content (AvgIpc) is 2.82. The Kier molecular flexibility index (Phi) is 3.52. The second-order valence-electron chi connectivity index (χ2n) is 4.35. The topological polar surface area (TPSA) is 55.1 Å². The molecule has 0 aliphatic carbocycles. The van der Waals surface area contributed by atoms with Crippen molar-refractivity contribution in [1.82, 2.24) is 9.55 Å². The number of carboxylic acid groups (broad SMARTS) is 1. The Balaban J connectivity index is 2.17. The number of nitrogens with zero attached hydrogens (tertiary/aromatic N) is 2. The largest absolute Gasteiger partial charge is 0.478 e. The Labute approximate surface area is 110 Å². The van der Waals surface area contributed by atoms with Crippen LogP contribution in [0.25, 0.3) is 0 Å². The molecule has 0 amide bonds. The van der Waals surface area contributed by atoms with E-state index >= 15 is 0 Å². The van der Waals surface area contributed by atoms with Crippen LogP contribution in [0.5, 0.6) is 0 Å². The smallest absolute Gasteiger partial charge is 0.337 e. The van der Waals surface area contributed by atoms with Gasteiger partial charge in [0.2, 0.25) is 0 Å². The molecule has 0 unspecified atom stereocenters. The summed E-state index contributed by atoms with van der Waals surface area (Å²) in [7, 11) is 0. The van der Waals surface area contributed by atoms with Gasteiger partial charge in [-0.05, 0) is 26.8 Å². The summed E-state index contributed by atoms with van der Waals surface area (Å²) >= 11 is 1.64. The van der Waals surface area contributed by atoms with Gasteiger partial charge < -0.3 is 9.67 Å². The van der Waals surface area contributed by atoms with Crippen LogP contribution in [0.2, 0.25) is 0 Å². The van der Waals surface area contributed by atoms with Crippen molar-refractivity contribution in [3.05, 3.63) is 39.1 Å². The van der Waals surface area contributed by atoms with Crippen molar-refractivity contribution in [2.45, 2.75) is 33.7 Å². The van der Waals surface area contributed by atoms with Gasteiger partial charge in [-0.3, -0.25) is 0 Å². The minimum atomic E-state index is -0.862. The zero-order valence-corrected chi connectivity index (χ0v) is 11.5. The lowest BCUT2D eigenvalue weighted by Crippen LogP contribution is -2.07. The van der Waals surface area contributed by atoms with Crippen molar-refractivity contribution in [1.29, 1.82) is 0 Å². The molecule has 0 bridgehead atoms. The van der Waals surface area contributed by atoms with E-state index in [-0.39, 0.29) is 0 Å². The highest BCUT2D eigenvalue weighted by molar-refractivity contribution is 7.09. The third kappa shape index (κ3) is 2.46. The van der Waals surface area contributed by atoms with E-state index in [4.69, 9.17) is 5.11 Å². The predicted octanol–water partition coefficient (Wildman–Crippen LogP) is 2.81. The van der Waals surface area contributed by atoms with E-state index in [1.165, 1.54) is 0 Å². The Morgan fingerprint density at radius 3 is 2.67 bits per heavy atom. The second kappa shape index (κ2) is 4.94. The van der Waals surface area contributed by atoms with Crippen molar-refractivity contribution in [3.63, 3.8) is 0 Å². The van der Waals surface area contributed by atoms with Gasteiger partial charge >= 0.3 is 5.97 Å². The minimum Gasteiger partial charge on any atom is -0.478 e. The molecule has 4 nitrogen and oxygen atoms in total. The number of hydrogen-bond acceptors (Lipinski definition) is 3. The number of hydrogen-bond donors (Lipinski definition) is 1. The monoisotopic (exact) mass is 264 g/mol. The first-order chi connectivity index (χ1) is 8.49. The van der Waals surface area contributed by atoms with Crippen molar-refractivity contribution >= 4 is 17.3 Å². The summed E-state index contributed by atoms with van der Waals surface area (Å²) < 4.78 is 2.04. The fraction of sp³-hybridized carbons (Fsp3) is 0.385. The van der Waals surface area contributed by atoms with Crippen LogP contribution < -0.4 is 0 Å². The molecule has 0 saturated heterocycles. The number of aromatic carboxylic acids is 1. The molecule has 0 aliphatic rings. The third-order valence-electron chi connectivity index (χ3n) is 3.06. The van der Waals surface area contributed by atoms with Crippen molar-refractivity contribution < 1.29 is 9.90 Å². The molecule has 0 atom stereocenters. The number of carboxylic acids is 1. The zero-order valence-electron chi connectivity index (χ0n) is 10.7. The molecule has 2 heterocycles. The van der Waals surface area contributed by atoms with Crippen LogP contribution in [0.1, 0.15) is 32.4 Å². The lowest BCUT2D eigenvalue weighted by atomic mass is 10.2. The first kappa shape index (κ1) is 12.8. The van der Waals surface area contributed by atoms with Crippen LogP contribution in [0.4, 0.5) is 0 Å². The molecule has 0 spiro atoms.